The van der Waals surface area contributed by atoms with E-state index >= 15 is 0 Å². The molecule has 1 aromatic carbocycles. The van der Waals surface area contributed by atoms with Gasteiger partial charge in [-0.3, -0.25) is 0 Å². The highest BCUT2D eigenvalue weighted by Crippen LogP contribution is 2.36. The number of rotatable bonds is 7. The first-order valence-electron chi connectivity index (χ1n) is 7.09. The first kappa shape index (κ1) is 18.3. The van der Waals surface area contributed by atoms with Crippen LogP contribution in [0.15, 0.2) is 29.3 Å². The quantitative estimate of drug-likeness (QED) is 0.562. The van der Waals surface area contributed by atoms with Gasteiger partial charge in [0.1, 0.15) is 0 Å². The van der Waals surface area contributed by atoms with Crippen LogP contribution in [0.3, 0.4) is 0 Å². The fourth-order valence-corrected chi connectivity index (χ4v) is 2.92. The Morgan fingerprint density at radius 3 is 2.67 bits per heavy atom. The number of halogens is 2. The number of hydrogen-bond donors (Lipinski definition) is 1. The molecule has 21 heavy (non-hydrogen) atoms. The molecule has 2 rings (SSSR count). The van der Waals surface area contributed by atoms with Gasteiger partial charge >= 0.3 is 0 Å². The van der Waals surface area contributed by atoms with Gasteiger partial charge in [0.2, 0.25) is 0 Å². The van der Waals surface area contributed by atoms with Crippen molar-refractivity contribution in [2.24, 2.45) is 0 Å². The summed E-state index contributed by atoms with van der Waals surface area (Å²) in [5.74, 6) is 1.63. The Morgan fingerprint density at radius 1 is 1.33 bits per heavy atom. The summed E-state index contributed by atoms with van der Waals surface area (Å²) in [5.41, 5.74) is 1.16. The Kier molecular flexibility index (Phi) is 8.15. The van der Waals surface area contributed by atoms with E-state index < -0.39 is 0 Å². The van der Waals surface area contributed by atoms with Gasteiger partial charge in [-0.05, 0) is 43.4 Å². The molecule has 0 radical (unpaired) electrons. The maximum atomic E-state index is 6.07. The lowest BCUT2D eigenvalue weighted by Gasteiger charge is -2.18. The van der Waals surface area contributed by atoms with Crippen molar-refractivity contribution in [2.75, 3.05) is 13.7 Å². The topological polar surface area (TPSA) is 30.5 Å². The number of ether oxygens (including phenoxy) is 2. The maximum absolute atomic E-state index is 6.07. The number of benzene rings is 1. The molecular formula is C16H23BrClNO2. The molecule has 1 aliphatic carbocycles. The third kappa shape index (κ3) is 5.20. The van der Waals surface area contributed by atoms with Gasteiger partial charge in [0.15, 0.2) is 11.5 Å². The van der Waals surface area contributed by atoms with E-state index in [0.717, 1.165) is 47.5 Å². The molecule has 118 valence electrons. The van der Waals surface area contributed by atoms with Crippen LogP contribution in [0.2, 0.25) is 0 Å². The van der Waals surface area contributed by atoms with Crippen molar-refractivity contribution in [1.29, 1.82) is 0 Å². The molecule has 0 aromatic heterocycles. The zero-order chi connectivity index (χ0) is 14.4. The van der Waals surface area contributed by atoms with Crippen molar-refractivity contribution in [2.45, 2.75) is 38.3 Å². The third-order valence-electron chi connectivity index (χ3n) is 3.53. The molecule has 0 atom stereocenters. The van der Waals surface area contributed by atoms with E-state index in [4.69, 9.17) is 9.47 Å². The molecule has 1 aromatic rings. The van der Waals surface area contributed by atoms with Crippen LogP contribution in [0.4, 0.5) is 0 Å². The summed E-state index contributed by atoms with van der Waals surface area (Å²) in [6.45, 7) is 5.26. The summed E-state index contributed by atoms with van der Waals surface area (Å²) in [6, 6.07) is 4.05. The minimum Gasteiger partial charge on any atom is -0.493 e. The molecule has 0 heterocycles. The van der Waals surface area contributed by atoms with Gasteiger partial charge in [0.25, 0.3) is 0 Å². The zero-order valence-electron chi connectivity index (χ0n) is 12.4. The smallest absolute Gasteiger partial charge is 0.162 e. The van der Waals surface area contributed by atoms with Crippen molar-refractivity contribution in [1.82, 2.24) is 5.32 Å². The van der Waals surface area contributed by atoms with Gasteiger partial charge in [-0.2, -0.15) is 0 Å². The fourth-order valence-electron chi connectivity index (χ4n) is 2.46. The standard InChI is InChI=1S/C16H22BrNO2.ClH/c1-3-8-18-11-12-9-15(19-2)16(10-14(12)17)20-13-6-4-5-7-13;/h3,9-10,13,18H,1,4-8,11H2,2H3;1H. The number of hydrogen-bond acceptors (Lipinski definition) is 3. The van der Waals surface area contributed by atoms with Crippen LogP contribution in [0, 0.1) is 0 Å². The van der Waals surface area contributed by atoms with Gasteiger partial charge < -0.3 is 14.8 Å². The molecule has 0 amide bonds. The second kappa shape index (κ2) is 9.34. The van der Waals surface area contributed by atoms with Crippen LogP contribution in [0.25, 0.3) is 0 Å². The molecule has 1 saturated carbocycles. The Morgan fingerprint density at radius 2 is 2.05 bits per heavy atom. The molecule has 0 saturated heterocycles. The highest BCUT2D eigenvalue weighted by Gasteiger charge is 2.19. The highest BCUT2D eigenvalue weighted by atomic mass is 79.9. The van der Waals surface area contributed by atoms with Crippen LogP contribution < -0.4 is 14.8 Å². The fraction of sp³-hybridized carbons (Fsp3) is 0.500. The van der Waals surface area contributed by atoms with Crippen molar-refractivity contribution < 1.29 is 9.47 Å². The molecule has 1 N–H and O–H groups in total. The van der Waals surface area contributed by atoms with Gasteiger partial charge in [0, 0.05) is 17.6 Å². The minimum absolute atomic E-state index is 0. The first-order valence-corrected chi connectivity index (χ1v) is 7.88. The third-order valence-corrected chi connectivity index (χ3v) is 4.27. The van der Waals surface area contributed by atoms with E-state index in [9.17, 15) is 0 Å². The first-order chi connectivity index (χ1) is 9.74. The Labute approximate surface area is 141 Å². The summed E-state index contributed by atoms with van der Waals surface area (Å²) in [4.78, 5) is 0. The molecule has 0 spiro atoms. The second-order valence-corrected chi connectivity index (χ2v) is 5.89. The zero-order valence-corrected chi connectivity index (χ0v) is 14.8. The lowest BCUT2D eigenvalue weighted by atomic mass is 10.2. The maximum Gasteiger partial charge on any atom is 0.162 e. The highest BCUT2D eigenvalue weighted by molar-refractivity contribution is 9.10. The molecule has 1 aliphatic rings. The van der Waals surface area contributed by atoms with E-state index in [1.807, 2.05) is 18.2 Å². The van der Waals surface area contributed by atoms with Crippen LogP contribution in [-0.2, 0) is 6.54 Å². The van der Waals surface area contributed by atoms with E-state index in [1.54, 1.807) is 7.11 Å². The van der Waals surface area contributed by atoms with E-state index in [-0.39, 0.29) is 12.4 Å². The Hall–Kier alpha value is -0.710. The van der Waals surface area contributed by atoms with E-state index in [2.05, 4.69) is 27.8 Å². The summed E-state index contributed by atoms with van der Waals surface area (Å²) in [5, 5.41) is 3.29. The summed E-state index contributed by atoms with van der Waals surface area (Å²) in [7, 11) is 1.69. The largest absolute Gasteiger partial charge is 0.493 e. The SMILES string of the molecule is C=CCNCc1cc(OC)c(OC2CCCC2)cc1Br.Cl. The Bertz CT molecular complexity index is 462. The second-order valence-electron chi connectivity index (χ2n) is 5.04. The lowest BCUT2D eigenvalue weighted by Crippen LogP contribution is -2.14. The molecule has 1 fully saturated rings. The Balaban J connectivity index is 0.00000220. The summed E-state index contributed by atoms with van der Waals surface area (Å²) >= 11 is 3.61. The number of methoxy groups -OCH3 is 1. The van der Waals surface area contributed by atoms with Crippen molar-refractivity contribution >= 4 is 28.3 Å². The lowest BCUT2D eigenvalue weighted by molar-refractivity contribution is 0.200. The predicted molar refractivity (Wildman–Crippen MR) is 92.7 cm³/mol. The average Bonchev–Trinajstić information content (AvgIpc) is 2.94. The van der Waals surface area contributed by atoms with Crippen molar-refractivity contribution in [3.05, 3.63) is 34.8 Å². The van der Waals surface area contributed by atoms with E-state index in [0.29, 0.717) is 6.10 Å². The normalized spacial score (nSPS) is 14.6. The summed E-state index contributed by atoms with van der Waals surface area (Å²) < 4.78 is 12.6. The molecule has 0 bridgehead atoms. The monoisotopic (exact) mass is 375 g/mol. The van der Waals surface area contributed by atoms with Gasteiger partial charge in [0.05, 0.1) is 13.2 Å². The van der Waals surface area contributed by atoms with Crippen molar-refractivity contribution in [3.8, 4) is 11.5 Å². The molecule has 5 heteroatoms. The minimum atomic E-state index is 0. The van der Waals surface area contributed by atoms with Crippen LogP contribution >= 0.6 is 28.3 Å². The van der Waals surface area contributed by atoms with Crippen LogP contribution in [-0.4, -0.2) is 19.8 Å². The molecule has 3 nitrogen and oxygen atoms in total. The molecular weight excluding hydrogens is 354 g/mol. The molecule has 0 aliphatic heterocycles. The van der Waals surface area contributed by atoms with Crippen LogP contribution in [0.5, 0.6) is 11.5 Å². The average molecular weight is 377 g/mol. The predicted octanol–water partition coefficient (Wildman–Crippen LogP) is 4.48. The van der Waals surface area contributed by atoms with Crippen LogP contribution in [0.1, 0.15) is 31.2 Å². The molecule has 0 unspecified atom stereocenters. The van der Waals surface area contributed by atoms with E-state index in [1.165, 1.54) is 12.8 Å². The van der Waals surface area contributed by atoms with Crippen molar-refractivity contribution in [3.63, 3.8) is 0 Å². The summed E-state index contributed by atoms with van der Waals surface area (Å²) in [6.07, 6.45) is 6.99. The van der Waals surface area contributed by atoms with Gasteiger partial charge in [-0.15, -0.1) is 19.0 Å². The van der Waals surface area contributed by atoms with Gasteiger partial charge in [-0.25, -0.2) is 0 Å². The van der Waals surface area contributed by atoms with Gasteiger partial charge in [-0.1, -0.05) is 22.0 Å². The number of nitrogens with one attached hydrogen (secondary N) is 1.